The minimum Gasteiger partial charge on any atom is -0.495 e. The number of methoxy groups -OCH3 is 1. The number of alkyl halides is 3. The molecule has 0 aliphatic rings. The summed E-state index contributed by atoms with van der Waals surface area (Å²) >= 11 is 6.99. The van der Waals surface area contributed by atoms with Crippen LogP contribution < -0.4 is 10.1 Å². The van der Waals surface area contributed by atoms with Gasteiger partial charge in [0, 0.05) is 22.6 Å². The minimum absolute atomic E-state index is 0.0556. The molecule has 152 valence electrons. The van der Waals surface area contributed by atoms with Crippen LogP contribution >= 0.6 is 23.4 Å². The van der Waals surface area contributed by atoms with Gasteiger partial charge < -0.3 is 10.1 Å². The second-order valence-corrected chi connectivity index (χ2v) is 7.38. The molecule has 0 radical (unpaired) electrons. The number of anilines is 1. The summed E-state index contributed by atoms with van der Waals surface area (Å²) in [5.74, 6) is -0.848. The maximum Gasteiger partial charge on any atom is 0.451 e. The molecule has 1 heterocycles. The zero-order valence-electron chi connectivity index (χ0n) is 15.1. The Balaban J connectivity index is 1.71. The van der Waals surface area contributed by atoms with Gasteiger partial charge in [0.2, 0.25) is 11.7 Å². The average Bonchev–Trinajstić information content (AvgIpc) is 2.67. The second kappa shape index (κ2) is 8.87. The van der Waals surface area contributed by atoms with E-state index in [1.165, 1.54) is 13.2 Å². The highest BCUT2D eigenvalue weighted by Gasteiger charge is 2.35. The van der Waals surface area contributed by atoms with Crippen molar-refractivity contribution in [3.8, 4) is 5.75 Å². The Morgan fingerprint density at radius 1 is 1.21 bits per heavy atom. The molecule has 10 heteroatoms. The van der Waals surface area contributed by atoms with Gasteiger partial charge in [-0.25, -0.2) is 9.97 Å². The van der Waals surface area contributed by atoms with Crippen LogP contribution in [0.2, 0.25) is 5.02 Å². The van der Waals surface area contributed by atoms with Crippen LogP contribution in [-0.4, -0.2) is 28.7 Å². The Hall–Kier alpha value is -2.52. The SMILES string of the molecule is COc1ccc(Cl)cc1NC(=O)CCSc1nc(C(F)(F)F)nc2ccccc12. The highest BCUT2D eigenvalue weighted by Crippen LogP contribution is 2.32. The number of fused-ring (bicyclic) bond motifs is 1. The number of hydrogen-bond donors (Lipinski definition) is 1. The highest BCUT2D eigenvalue weighted by molar-refractivity contribution is 7.99. The van der Waals surface area contributed by atoms with E-state index in [1.807, 2.05) is 0 Å². The number of halogens is 4. The summed E-state index contributed by atoms with van der Waals surface area (Å²) in [6, 6.07) is 11.3. The van der Waals surface area contributed by atoms with Gasteiger partial charge in [0.25, 0.3) is 0 Å². The number of hydrogen-bond acceptors (Lipinski definition) is 5. The Bertz CT molecular complexity index is 1050. The molecule has 0 saturated heterocycles. The molecule has 29 heavy (non-hydrogen) atoms. The van der Waals surface area contributed by atoms with Gasteiger partial charge in [0.15, 0.2) is 0 Å². The van der Waals surface area contributed by atoms with E-state index in [0.29, 0.717) is 21.8 Å². The van der Waals surface area contributed by atoms with Crippen molar-refractivity contribution < 1.29 is 22.7 Å². The van der Waals surface area contributed by atoms with E-state index in [2.05, 4.69) is 15.3 Å². The van der Waals surface area contributed by atoms with Gasteiger partial charge in [-0.15, -0.1) is 11.8 Å². The summed E-state index contributed by atoms with van der Waals surface area (Å²) in [7, 11) is 1.47. The summed E-state index contributed by atoms with van der Waals surface area (Å²) in [4.78, 5) is 19.5. The topological polar surface area (TPSA) is 64.1 Å². The maximum absolute atomic E-state index is 13.1. The zero-order valence-corrected chi connectivity index (χ0v) is 16.7. The number of ether oxygens (including phenoxy) is 1. The number of carbonyl (C=O) groups excluding carboxylic acids is 1. The molecule has 0 saturated carbocycles. The van der Waals surface area contributed by atoms with E-state index in [-0.39, 0.29) is 28.6 Å². The molecule has 1 N–H and O–H groups in total. The molecule has 3 rings (SSSR count). The van der Waals surface area contributed by atoms with Crippen LogP contribution in [0.3, 0.4) is 0 Å². The van der Waals surface area contributed by atoms with Crippen LogP contribution in [0.5, 0.6) is 5.75 Å². The fourth-order valence-corrected chi connectivity index (χ4v) is 3.65. The first-order chi connectivity index (χ1) is 13.8. The van der Waals surface area contributed by atoms with Crippen LogP contribution in [-0.2, 0) is 11.0 Å². The summed E-state index contributed by atoms with van der Waals surface area (Å²) in [5, 5.41) is 3.80. The van der Waals surface area contributed by atoms with Crippen LogP contribution in [0.15, 0.2) is 47.5 Å². The molecule has 3 aromatic rings. The number of para-hydroxylation sites is 1. The Kier molecular flexibility index (Phi) is 6.49. The van der Waals surface area contributed by atoms with Crippen LogP contribution in [0.1, 0.15) is 12.2 Å². The Morgan fingerprint density at radius 3 is 2.69 bits per heavy atom. The summed E-state index contributed by atoms with van der Waals surface area (Å²) < 4.78 is 44.4. The first-order valence-corrected chi connectivity index (χ1v) is 9.74. The Labute approximate surface area is 173 Å². The standard InChI is InChI=1S/C19H15ClF3N3O2S/c1-28-15-7-6-11(20)10-14(15)24-16(27)8-9-29-17-12-4-2-3-5-13(12)25-18(26-17)19(21,22)23/h2-7,10H,8-9H2,1H3,(H,24,27). The molecule has 0 unspecified atom stereocenters. The first kappa shape index (κ1) is 21.2. The molecular weight excluding hydrogens is 427 g/mol. The van der Waals surface area contributed by atoms with Crippen molar-refractivity contribution in [3.63, 3.8) is 0 Å². The van der Waals surface area contributed by atoms with Crippen molar-refractivity contribution in [3.05, 3.63) is 53.3 Å². The fraction of sp³-hybridized carbons (Fsp3) is 0.211. The van der Waals surface area contributed by atoms with Crippen LogP contribution in [0.25, 0.3) is 10.9 Å². The van der Waals surface area contributed by atoms with Crippen molar-refractivity contribution in [2.24, 2.45) is 0 Å². The van der Waals surface area contributed by atoms with Gasteiger partial charge in [-0.05, 0) is 24.3 Å². The minimum atomic E-state index is -4.65. The number of aromatic nitrogens is 2. The van der Waals surface area contributed by atoms with Crippen molar-refractivity contribution in [1.29, 1.82) is 0 Å². The lowest BCUT2D eigenvalue weighted by molar-refractivity contribution is -0.145. The van der Waals surface area contributed by atoms with Crippen LogP contribution in [0, 0.1) is 0 Å². The lowest BCUT2D eigenvalue weighted by Crippen LogP contribution is -2.14. The normalized spacial score (nSPS) is 11.5. The predicted molar refractivity (Wildman–Crippen MR) is 107 cm³/mol. The second-order valence-electron chi connectivity index (χ2n) is 5.86. The van der Waals surface area contributed by atoms with Gasteiger partial charge in [0.05, 0.1) is 18.3 Å². The molecular formula is C19H15ClF3N3O2S. The summed E-state index contributed by atoms with van der Waals surface area (Å²) in [6.45, 7) is 0. The Morgan fingerprint density at radius 2 is 1.97 bits per heavy atom. The molecule has 0 bridgehead atoms. The van der Waals surface area contributed by atoms with Gasteiger partial charge in [-0.3, -0.25) is 4.79 Å². The molecule has 0 aliphatic heterocycles. The first-order valence-electron chi connectivity index (χ1n) is 8.38. The van der Waals surface area contributed by atoms with E-state index < -0.39 is 12.0 Å². The number of amides is 1. The van der Waals surface area contributed by atoms with Gasteiger partial charge in [-0.1, -0.05) is 29.8 Å². The maximum atomic E-state index is 13.1. The molecule has 0 atom stereocenters. The van der Waals surface area contributed by atoms with E-state index in [1.54, 1.807) is 36.4 Å². The molecule has 0 fully saturated rings. The smallest absolute Gasteiger partial charge is 0.451 e. The third-order valence-electron chi connectivity index (χ3n) is 3.83. The number of rotatable bonds is 6. The molecule has 0 aliphatic carbocycles. The van der Waals surface area contributed by atoms with Crippen molar-refractivity contribution in [2.75, 3.05) is 18.2 Å². The number of carbonyl (C=O) groups is 1. The lowest BCUT2D eigenvalue weighted by Gasteiger charge is -2.11. The third kappa shape index (κ3) is 5.30. The quantitative estimate of drug-likeness (QED) is 0.408. The van der Waals surface area contributed by atoms with Gasteiger partial charge >= 0.3 is 6.18 Å². The number of nitrogens with one attached hydrogen (secondary N) is 1. The van der Waals surface area contributed by atoms with Gasteiger partial charge in [-0.2, -0.15) is 13.2 Å². The molecule has 1 amide bonds. The molecule has 2 aromatic carbocycles. The predicted octanol–water partition coefficient (Wildman–Crippen LogP) is 5.43. The lowest BCUT2D eigenvalue weighted by atomic mass is 10.2. The van der Waals surface area contributed by atoms with Crippen LogP contribution in [0.4, 0.5) is 18.9 Å². The number of nitrogens with zero attached hydrogens (tertiary/aromatic N) is 2. The van der Waals surface area contributed by atoms with Crippen molar-refractivity contribution in [1.82, 2.24) is 9.97 Å². The average molecular weight is 442 g/mol. The van der Waals surface area contributed by atoms with E-state index in [0.717, 1.165) is 11.8 Å². The molecule has 0 spiro atoms. The summed E-state index contributed by atoms with van der Waals surface area (Å²) in [6.07, 6.45) is -4.60. The van der Waals surface area contributed by atoms with E-state index in [9.17, 15) is 18.0 Å². The van der Waals surface area contributed by atoms with E-state index in [4.69, 9.17) is 16.3 Å². The molecule has 5 nitrogen and oxygen atoms in total. The fourth-order valence-electron chi connectivity index (χ4n) is 2.52. The largest absolute Gasteiger partial charge is 0.495 e. The van der Waals surface area contributed by atoms with Crippen molar-refractivity contribution in [2.45, 2.75) is 17.6 Å². The third-order valence-corrected chi connectivity index (χ3v) is 5.05. The zero-order chi connectivity index (χ0) is 21.0. The van der Waals surface area contributed by atoms with Gasteiger partial charge in [0.1, 0.15) is 10.8 Å². The highest BCUT2D eigenvalue weighted by atomic mass is 35.5. The summed E-state index contributed by atoms with van der Waals surface area (Å²) in [5.41, 5.74) is 0.618. The monoisotopic (exact) mass is 441 g/mol. The van der Waals surface area contributed by atoms with Crippen molar-refractivity contribution >= 4 is 45.9 Å². The number of thioether (sulfide) groups is 1. The van der Waals surface area contributed by atoms with E-state index >= 15 is 0 Å². The molecule has 1 aromatic heterocycles. The number of benzene rings is 2.